The third-order valence-electron chi connectivity index (χ3n) is 5.17. The second-order valence-electron chi connectivity index (χ2n) is 7.84. The Bertz CT molecular complexity index is 864. The molecule has 1 fully saturated rings. The molecule has 0 saturated carbocycles. The van der Waals surface area contributed by atoms with Crippen LogP contribution >= 0.6 is 0 Å². The summed E-state index contributed by atoms with van der Waals surface area (Å²) in [5.74, 6) is 0.367. The lowest BCUT2D eigenvalue weighted by atomic mass is 10.0. The van der Waals surface area contributed by atoms with Crippen molar-refractivity contribution in [1.29, 1.82) is 0 Å². The van der Waals surface area contributed by atoms with E-state index in [-0.39, 0.29) is 17.9 Å². The highest BCUT2D eigenvalue weighted by atomic mass is 16.6. The highest BCUT2D eigenvalue weighted by Gasteiger charge is 2.33. The zero-order valence-corrected chi connectivity index (χ0v) is 17.4. The van der Waals surface area contributed by atoms with E-state index in [4.69, 9.17) is 10.5 Å². The Balaban J connectivity index is 1.68. The summed E-state index contributed by atoms with van der Waals surface area (Å²) in [6.45, 7) is 8.88. The molecule has 0 bridgehead atoms. The molecule has 156 valence electrons. The van der Waals surface area contributed by atoms with E-state index in [1.807, 2.05) is 58.0 Å². The van der Waals surface area contributed by atoms with Gasteiger partial charge in [0.25, 0.3) is 0 Å². The second-order valence-corrected chi connectivity index (χ2v) is 7.84. The fraction of sp³-hybridized carbons (Fsp3) is 0.476. The van der Waals surface area contributed by atoms with Gasteiger partial charge in [-0.15, -0.1) is 0 Å². The molecule has 2 heterocycles. The first-order valence-electron chi connectivity index (χ1n) is 9.93. The molecule has 1 aliphatic heterocycles. The van der Waals surface area contributed by atoms with E-state index in [1.54, 1.807) is 20.5 Å². The molecule has 3 rings (SSSR count). The zero-order chi connectivity index (χ0) is 21.1. The van der Waals surface area contributed by atoms with Gasteiger partial charge >= 0.3 is 6.09 Å². The maximum absolute atomic E-state index is 12.8. The number of amides is 2. The molecule has 8 heteroatoms. The fourth-order valence-electron chi connectivity index (χ4n) is 3.38. The summed E-state index contributed by atoms with van der Waals surface area (Å²) in [7, 11) is 0. The summed E-state index contributed by atoms with van der Waals surface area (Å²) in [6.07, 6.45) is -0.449. The summed E-state index contributed by atoms with van der Waals surface area (Å²) >= 11 is 0. The Labute approximate surface area is 171 Å². The lowest BCUT2D eigenvalue weighted by Crippen LogP contribution is -2.59. The van der Waals surface area contributed by atoms with Crippen molar-refractivity contribution in [2.24, 2.45) is 11.7 Å². The summed E-state index contributed by atoms with van der Waals surface area (Å²) < 4.78 is 7.28. The van der Waals surface area contributed by atoms with E-state index in [9.17, 15) is 9.59 Å². The summed E-state index contributed by atoms with van der Waals surface area (Å²) in [6, 6.07) is 10.5. The number of hydrogen-bond donors (Lipinski definition) is 1. The molecule has 0 spiro atoms. The quantitative estimate of drug-likeness (QED) is 0.851. The molecule has 1 aromatic heterocycles. The highest BCUT2D eigenvalue weighted by Crippen LogP contribution is 2.21. The maximum Gasteiger partial charge on any atom is 0.416 e. The van der Waals surface area contributed by atoms with Crippen molar-refractivity contribution in [1.82, 2.24) is 19.6 Å². The minimum Gasteiger partial charge on any atom is -0.391 e. The summed E-state index contributed by atoms with van der Waals surface area (Å²) in [5.41, 5.74) is 7.57. The van der Waals surface area contributed by atoms with Crippen LogP contribution in [0.25, 0.3) is 5.69 Å². The van der Waals surface area contributed by atoms with Crippen LogP contribution in [0.2, 0.25) is 0 Å². The van der Waals surface area contributed by atoms with Crippen molar-refractivity contribution in [2.45, 2.75) is 39.8 Å². The molecule has 29 heavy (non-hydrogen) atoms. The number of ether oxygens (including phenoxy) is 1. The first-order chi connectivity index (χ1) is 13.8. The topological polar surface area (TPSA) is 93.7 Å². The van der Waals surface area contributed by atoms with E-state index in [2.05, 4.69) is 5.10 Å². The van der Waals surface area contributed by atoms with E-state index in [1.165, 1.54) is 0 Å². The molecule has 2 atom stereocenters. The number of piperazine rings is 1. The van der Waals surface area contributed by atoms with Gasteiger partial charge < -0.3 is 20.3 Å². The molecule has 2 amide bonds. The number of hydrogen-bond acceptors (Lipinski definition) is 5. The molecule has 1 saturated heterocycles. The number of aromatic nitrogens is 2. The van der Waals surface area contributed by atoms with Gasteiger partial charge in [-0.3, -0.25) is 4.79 Å². The molecule has 1 aliphatic rings. The molecule has 1 unspecified atom stereocenters. The minimum atomic E-state index is -0.524. The predicted octanol–water partition coefficient (Wildman–Crippen LogP) is 2.20. The van der Waals surface area contributed by atoms with Crippen LogP contribution in [0.1, 0.15) is 26.5 Å². The van der Waals surface area contributed by atoms with Crippen molar-refractivity contribution < 1.29 is 14.3 Å². The molecule has 8 nitrogen and oxygen atoms in total. The van der Waals surface area contributed by atoms with Gasteiger partial charge in [-0.05, 0) is 31.9 Å². The van der Waals surface area contributed by atoms with Crippen molar-refractivity contribution in [3.05, 3.63) is 42.1 Å². The number of carbonyl (C=O) groups is 2. The predicted molar refractivity (Wildman–Crippen MR) is 110 cm³/mol. The average Bonchev–Trinajstić information content (AvgIpc) is 3.07. The van der Waals surface area contributed by atoms with Crippen LogP contribution in [-0.4, -0.2) is 63.3 Å². The van der Waals surface area contributed by atoms with Crippen molar-refractivity contribution in [3.63, 3.8) is 0 Å². The lowest BCUT2D eigenvalue weighted by Gasteiger charge is -2.40. The van der Waals surface area contributed by atoms with Gasteiger partial charge in [-0.1, -0.05) is 32.0 Å². The number of nitrogens with two attached hydrogens (primary N) is 1. The number of aryl methyl sites for hydroxylation is 1. The average molecular weight is 399 g/mol. The molecule has 0 radical (unpaired) electrons. The van der Waals surface area contributed by atoms with Gasteiger partial charge in [0, 0.05) is 31.7 Å². The first kappa shape index (κ1) is 20.9. The van der Waals surface area contributed by atoms with Crippen molar-refractivity contribution >= 4 is 12.0 Å². The smallest absolute Gasteiger partial charge is 0.391 e. The van der Waals surface area contributed by atoms with Crippen LogP contribution in [0.15, 0.2) is 36.4 Å². The van der Waals surface area contributed by atoms with E-state index in [0.717, 1.165) is 11.4 Å². The largest absolute Gasteiger partial charge is 0.416 e. The number of carbonyl (C=O) groups excluding carboxylic acids is 2. The fourth-order valence-corrected chi connectivity index (χ4v) is 3.38. The molecule has 0 aliphatic carbocycles. The van der Waals surface area contributed by atoms with Gasteiger partial charge in [0.1, 0.15) is 0 Å². The van der Waals surface area contributed by atoms with Gasteiger partial charge in [0.05, 0.1) is 17.4 Å². The van der Waals surface area contributed by atoms with E-state index >= 15 is 0 Å². The van der Waals surface area contributed by atoms with Crippen LogP contribution in [-0.2, 0) is 4.79 Å². The second kappa shape index (κ2) is 8.65. The first-order valence-corrected chi connectivity index (χ1v) is 9.93. The van der Waals surface area contributed by atoms with Crippen LogP contribution in [0.5, 0.6) is 5.88 Å². The monoisotopic (exact) mass is 399 g/mol. The van der Waals surface area contributed by atoms with Crippen LogP contribution in [0.4, 0.5) is 4.79 Å². The maximum atomic E-state index is 12.8. The van der Waals surface area contributed by atoms with Gasteiger partial charge in [0.15, 0.2) is 0 Å². The van der Waals surface area contributed by atoms with E-state index < -0.39 is 12.1 Å². The Morgan fingerprint density at radius 3 is 2.52 bits per heavy atom. The number of benzene rings is 1. The third kappa shape index (κ3) is 4.59. The van der Waals surface area contributed by atoms with Gasteiger partial charge in [-0.2, -0.15) is 5.10 Å². The SMILES string of the molecule is Cc1cc(OC(=O)N2CCN(C(=O)C(N)C(C)C)C[C@@H]2C)n(-c2ccccc2)n1. The van der Waals surface area contributed by atoms with E-state index in [0.29, 0.717) is 25.5 Å². The highest BCUT2D eigenvalue weighted by molar-refractivity contribution is 5.82. The molecular weight excluding hydrogens is 370 g/mol. The van der Waals surface area contributed by atoms with Crippen LogP contribution < -0.4 is 10.5 Å². The standard InChI is InChI=1S/C21H29N5O3/c1-14(2)19(22)20(27)24-10-11-25(16(4)13-24)21(28)29-18-12-15(3)23-26(18)17-8-6-5-7-9-17/h5-9,12,14,16,19H,10-11,13,22H2,1-4H3/t16-,19?/m0/s1. The lowest BCUT2D eigenvalue weighted by molar-refractivity contribution is -0.136. The Kier molecular flexibility index (Phi) is 6.22. The van der Waals surface area contributed by atoms with Gasteiger partial charge in [-0.25, -0.2) is 9.48 Å². The molecular formula is C21H29N5O3. The number of para-hydroxylation sites is 1. The summed E-state index contributed by atoms with van der Waals surface area (Å²) in [4.78, 5) is 28.7. The number of nitrogens with zero attached hydrogens (tertiary/aromatic N) is 4. The molecule has 1 aromatic carbocycles. The third-order valence-corrected chi connectivity index (χ3v) is 5.17. The molecule has 2 N–H and O–H groups in total. The van der Waals surface area contributed by atoms with Crippen molar-refractivity contribution in [2.75, 3.05) is 19.6 Å². The Morgan fingerprint density at radius 1 is 1.21 bits per heavy atom. The van der Waals surface area contributed by atoms with Crippen molar-refractivity contribution in [3.8, 4) is 11.6 Å². The van der Waals surface area contributed by atoms with Gasteiger partial charge in [0.2, 0.25) is 11.8 Å². The van der Waals surface area contributed by atoms with Crippen LogP contribution in [0, 0.1) is 12.8 Å². The summed E-state index contributed by atoms with van der Waals surface area (Å²) in [5, 5.41) is 4.42. The minimum absolute atomic E-state index is 0.0716. The number of rotatable bonds is 4. The Hall–Kier alpha value is -2.87. The van der Waals surface area contributed by atoms with Crippen LogP contribution in [0.3, 0.4) is 0 Å². The zero-order valence-electron chi connectivity index (χ0n) is 17.4. The normalized spacial score (nSPS) is 18.1. The Morgan fingerprint density at radius 2 is 1.90 bits per heavy atom. The molecule has 2 aromatic rings.